The summed E-state index contributed by atoms with van der Waals surface area (Å²) in [7, 11) is -3.97. The molecule has 0 aliphatic rings. The van der Waals surface area contributed by atoms with Crippen molar-refractivity contribution in [1.29, 1.82) is 0 Å². The smallest absolute Gasteiger partial charge is 0.748 e. The van der Waals surface area contributed by atoms with Crippen LogP contribution in [0.5, 0.6) is 0 Å². The van der Waals surface area contributed by atoms with Gasteiger partial charge in [-0.1, -0.05) is 15.9 Å². The van der Waals surface area contributed by atoms with Crippen LogP contribution < -0.4 is 29.6 Å². The van der Waals surface area contributed by atoms with Gasteiger partial charge in [0.05, 0.1) is 10.1 Å². The van der Waals surface area contributed by atoms with E-state index < -0.39 is 10.1 Å². The van der Waals surface area contributed by atoms with Crippen LogP contribution in [0.2, 0.25) is 0 Å². The minimum Gasteiger partial charge on any atom is -0.748 e. The van der Waals surface area contributed by atoms with E-state index in [4.69, 9.17) is 0 Å². The van der Waals surface area contributed by atoms with Crippen LogP contribution in [0.1, 0.15) is 0 Å². The van der Waals surface area contributed by atoms with Crippen LogP contribution in [0.25, 0.3) is 0 Å². The Kier molecular flexibility index (Phi) is 13.9. The van der Waals surface area contributed by atoms with Gasteiger partial charge in [-0.2, -0.15) is 0 Å². The molecule has 52 valence electrons. The maximum atomic E-state index is 9.65. The van der Waals surface area contributed by atoms with Crippen LogP contribution in [0.3, 0.4) is 0 Å². The molecule has 9 heavy (non-hydrogen) atoms. The summed E-state index contributed by atoms with van der Waals surface area (Å²) < 4.78 is 28.9. The molecule has 0 amide bonds. The molecule has 0 atom stereocenters. The van der Waals surface area contributed by atoms with E-state index in [0.717, 1.165) is 0 Å². The van der Waals surface area contributed by atoms with Crippen molar-refractivity contribution in [3.8, 4) is 0 Å². The fraction of sp³-hybridized carbons (Fsp3) is 1.00. The van der Waals surface area contributed by atoms with Crippen LogP contribution in [0.4, 0.5) is 0 Å². The van der Waals surface area contributed by atoms with E-state index in [1.807, 2.05) is 0 Å². The maximum Gasteiger partial charge on any atom is 1.00 e. The molecular weight excluding hydrogens is 223 g/mol. The van der Waals surface area contributed by atoms with E-state index in [9.17, 15) is 13.0 Å². The minimum absolute atomic E-state index is 0. The summed E-state index contributed by atoms with van der Waals surface area (Å²) in [6.45, 7) is 0. The van der Waals surface area contributed by atoms with Crippen molar-refractivity contribution < 1.29 is 48.0 Å². The first-order valence-corrected chi connectivity index (χ1v) is 4.25. The van der Waals surface area contributed by atoms with E-state index in [0.29, 0.717) is 0 Å². The molecule has 0 bridgehead atoms. The molecular formula is C2H6BrNaO4S. The fourth-order valence-corrected chi connectivity index (χ4v) is 1.47. The van der Waals surface area contributed by atoms with Gasteiger partial charge in [-0.15, -0.1) is 0 Å². The number of hydrogen-bond donors (Lipinski definition) is 0. The van der Waals surface area contributed by atoms with Gasteiger partial charge >= 0.3 is 29.6 Å². The van der Waals surface area contributed by atoms with Gasteiger partial charge in [-0.25, -0.2) is 8.42 Å². The van der Waals surface area contributed by atoms with Gasteiger partial charge in [0.2, 0.25) is 0 Å². The molecule has 0 unspecified atom stereocenters. The SMILES string of the molecule is O.O=S(=O)([O-])CCBr.[Na+]. The van der Waals surface area contributed by atoms with Crippen molar-refractivity contribution >= 4 is 26.0 Å². The molecule has 0 aromatic rings. The summed E-state index contributed by atoms with van der Waals surface area (Å²) in [6.07, 6.45) is 0. The molecule has 4 nitrogen and oxygen atoms in total. The Morgan fingerprint density at radius 1 is 1.44 bits per heavy atom. The van der Waals surface area contributed by atoms with E-state index in [1.165, 1.54) is 0 Å². The molecule has 7 heteroatoms. The Labute approximate surface area is 84.5 Å². The first-order chi connectivity index (χ1) is 3.06. The maximum absolute atomic E-state index is 9.65. The summed E-state index contributed by atoms with van der Waals surface area (Å²) in [5, 5.41) is 0.221. The number of alkyl halides is 1. The van der Waals surface area contributed by atoms with E-state index in [-0.39, 0.29) is 46.1 Å². The zero-order valence-corrected chi connectivity index (χ0v) is 9.33. The zero-order chi connectivity index (χ0) is 5.91. The van der Waals surface area contributed by atoms with Crippen LogP contribution in [0, 0.1) is 0 Å². The molecule has 0 aromatic heterocycles. The third kappa shape index (κ3) is 17.6. The monoisotopic (exact) mass is 228 g/mol. The summed E-state index contributed by atoms with van der Waals surface area (Å²) in [5.41, 5.74) is 0. The van der Waals surface area contributed by atoms with Gasteiger partial charge in [-0.05, 0) is 0 Å². The molecule has 0 aliphatic carbocycles. The van der Waals surface area contributed by atoms with Crippen LogP contribution in [-0.2, 0) is 10.1 Å². The van der Waals surface area contributed by atoms with Crippen LogP contribution in [-0.4, -0.2) is 29.5 Å². The van der Waals surface area contributed by atoms with Crippen LogP contribution >= 0.6 is 15.9 Å². The number of hydrogen-bond acceptors (Lipinski definition) is 3. The molecule has 0 radical (unpaired) electrons. The first-order valence-electron chi connectivity index (χ1n) is 1.56. The Bertz CT molecular complexity index is 132. The predicted octanol–water partition coefficient (Wildman–Crippen LogP) is -3.89. The zero-order valence-electron chi connectivity index (χ0n) is 4.93. The molecule has 0 aliphatic heterocycles. The second kappa shape index (κ2) is 7.46. The van der Waals surface area contributed by atoms with Crippen molar-refractivity contribution in [2.75, 3.05) is 11.1 Å². The Hall–Kier alpha value is 1.35. The topological polar surface area (TPSA) is 88.7 Å². The summed E-state index contributed by atoms with van der Waals surface area (Å²) in [6, 6.07) is 0. The third-order valence-corrected chi connectivity index (χ3v) is 1.95. The molecule has 0 heterocycles. The summed E-state index contributed by atoms with van der Waals surface area (Å²) >= 11 is 2.81. The molecule has 0 fully saturated rings. The van der Waals surface area contributed by atoms with Crippen molar-refractivity contribution in [1.82, 2.24) is 0 Å². The minimum atomic E-state index is -3.97. The second-order valence-corrected chi connectivity index (χ2v) is 3.27. The number of halogens is 1. The van der Waals surface area contributed by atoms with Gasteiger partial charge in [0.1, 0.15) is 0 Å². The summed E-state index contributed by atoms with van der Waals surface area (Å²) in [4.78, 5) is 0. The molecule has 0 spiro atoms. The van der Waals surface area contributed by atoms with E-state index in [2.05, 4.69) is 15.9 Å². The Morgan fingerprint density at radius 2 is 1.78 bits per heavy atom. The standard InChI is InChI=1S/C2H5BrO3S.Na.H2O/c3-1-2-7(4,5)6;;/h1-2H2,(H,4,5,6);;1H2/q;+1;/p-1. The van der Waals surface area contributed by atoms with Gasteiger partial charge in [0.15, 0.2) is 0 Å². The normalized spacial score (nSPS) is 9.11. The molecule has 0 aromatic carbocycles. The average molecular weight is 229 g/mol. The summed E-state index contributed by atoms with van der Waals surface area (Å²) in [5.74, 6) is -0.326. The molecule has 0 rings (SSSR count). The molecule has 0 saturated heterocycles. The van der Waals surface area contributed by atoms with E-state index >= 15 is 0 Å². The van der Waals surface area contributed by atoms with Gasteiger partial charge in [-0.3, -0.25) is 0 Å². The Balaban J connectivity index is -0.000000180. The van der Waals surface area contributed by atoms with Gasteiger partial charge < -0.3 is 10.0 Å². The molecule has 2 N–H and O–H groups in total. The van der Waals surface area contributed by atoms with Gasteiger partial charge in [0, 0.05) is 11.1 Å². The Morgan fingerprint density at radius 3 is 1.78 bits per heavy atom. The average Bonchev–Trinajstić information content (AvgIpc) is 1.30. The predicted molar refractivity (Wildman–Crippen MR) is 32.0 cm³/mol. The quantitative estimate of drug-likeness (QED) is 0.275. The third-order valence-electron chi connectivity index (χ3n) is 0.327. The fourth-order valence-electron chi connectivity index (χ4n) is 0.0945. The van der Waals surface area contributed by atoms with E-state index in [1.54, 1.807) is 0 Å². The van der Waals surface area contributed by atoms with Crippen molar-refractivity contribution in [2.24, 2.45) is 0 Å². The second-order valence-electron chi connectivity index (χ2n) is 0.951. The van der Waals surface area contributed by atoms with Crippen molar-refractivity contribution in [3.05, 3.63) is 0 Å². The molecule has 0 saturated carbocycles. The largest absolute Gasteiger partial charge is 1.00 e. The first kappa shape index (κ1) is 16.7. The van der Waals surface area contributed by atoms with Gasteiger partial charge in [0.25, 0.3) is 0 Å². The number of rotatable bonds is 2. The van der Waals surface area contributed by atoms with Crippen LogP contribution in [0.15, 0.2) is 0 Å². The van der Waals surface area contributed by atoms with Crippen molar-refractivity contribution in [3.63, 3.8) is 0 Å². The van der Waals surface area contributed by atoms with Crippen molar-refractivity contribution in [2.45, 2.75) is 0 Å².